The van der Waals surface area contributed by atoms with Gasteiger partial charge in [0.15, 0.2) is 0 Å². The van der Waals surface area contributed by atoms with Gasteiger partial charge in [-0.25, -0.2) is 21.2 Å². The summed E-state index contributed by atoms with van der Waals surface area (Å²) < 4.78 is 74.5. The molecule has 33 heavy (non-hydrogen) atoms. The lowest BCUT2D eigenvalue weighted by molar-refractivity contribution is 0.0926. The molecule has 1 atom stereocenters. The van der Waals surface area contributed by atoms with Crippen molar-refractivity contribution in [1.82, 2.24) is 8.61 Å². The van der Waals surface area contributed by atoms with Crippen LogP contribution in [-0.2, 0) is 31.3 Å². The molecule has 0 bridgehead atoms. The second kappa shape index (κ2) is 10.2. The van der Waals surface area contributed by atoms with E-state index < -0.39 is 25.9 Å². The average molecular weight is 497 g/mol. The molecule has 10 heteroatoms. The first-order valence-electron chi connectivity index (χ1n) is 11.2. The Morgan fingerprint density at radius 1 is 0.879 bits per heavy atom. The third kappa shape index (κ3) is 5.63. The van der Waals surface area contributed by atoms with Gasteiger partial charge in [-0.05, 0) is 67.6 Å². The molecule has 0 radical (unpaired) electrons. The van der Waals surface area contributed by atoms with E-state index in [2.05, 4.69) is 0 Å². The van der Waals surface area contributed by atoms with Crippen molar-refractivity contribution in [2.24, 2.45) is 0 Å². The van der Waals surface area contributed by atoms with E-state index in [0.29, 0.717) is 25.3 Å². The third-order valence-electron chi connectivity index (χ3n) is 6.12. The Balaban J connectivity index is 1.58. The van der Waals surface area contributed by atoms with Crippen molar-refractivity contribution in [2.45, 2.75) is 54.5 Å². The minimum Gasteiger partial charge on any atom is -0.377 e. The number of piperidine rings is 1. The molecule has 0 amide bonds. The van der Waals surface area contributed by atoms with Crippen LogP contribution in [0, 0.1) is 5.82 Å². The minimum absolute atomic E-state index is 0.0141. The van der Waals surface area contributed by atoms with Gasteiger partial charge in [0.05, 0.1) is 15.9 Å². The molecule has 7 nitrogen and oxygen atoms in total. The van der Waals surface area contributed by atoms with Crippen LogP contribution in [0.4, 0.5) is 4.39 Å². The maximum absolute atomic E-state index is 13.5. The molecule has 2 heterocycles. The van der Waals surface area contributed by atoms with Crippen LogP contribution in [0.5, 0.6) is 0 Å². The largest absolute Gasteiger partial charge is 0.377 e. The van der Waals surface area contributed by atoms with Gasteiger partial charge in [0, 0.05) is 32.8 Å². The summed E-state index contributed by atoms with van der Waals surface area (Å²) in [6.07, 6.45) is 4.10. The van der Waals surface area contributed by atoms with Gasteiger partial charge in [0.2, 0.25) is 20.0 Å². The summed E-state index contributed by atoms with van der Waals surface area (Å²) in [4.78, 5) is 0.104. The fourth-order valence-electron chi connectivity index (χ4n) is 4.24. The molecule has 2 aromatic carbocycles. The molecule has 2 aliphatic rings. The van der Waals surface area contributed by atoms with E-state index in [1.807, 2.05) is 0 Å². The molecule has 0 saturated carbocycles. The molecule has 0 spiro atoms. The van der Waals surface area contributed by atoms with Gasteiger partial charge in [-0.15, -0.1) is 0 Å². The number of hydrogen-bond donors (Lipinski definition) is 0. The molecular formula is C23H29FN2O5S2. The monoisotopic (exact) mass is 496 g/mol. The molecular weight excluding hydrogens is 467 g/mol. The first-order chi connectivity index (χ1) is 15.8. The fraction of sp³-hybridized carbons (Fsp3) is 0.478. The Kier molecular flexibility index (Phi) is 7.49. The molecule has 2 aliphatic heterocycles. The maximum Gasteiger partial charge on any atom is 0.243 e. The molecule has 1 unspecified atom stereocenters. The van der Waals surface area contributed by atoms with Crippen molar-refractivity contribution < 1.29 is 26.0 Å². The second-order valence-corrected chi connectivity index (χ2v) is 12.4. The number of benzene rings is 2. The average Bonchev–Trinajstić information content (AvgIpc) is 3.34. The highest BCUT2D eigenvalue weighted by molar-refractivity contribution is 7.89. The molecule has 0 aromatic heterocycles. The second-order valence-electron chi connectivity index (χ2n) is 8.50. The number of ether oxygens (including phenoxy) is 1. The van der Waals surface area contributed by atoms with E-state index >= 15 is 0 Å². The Bertz CT molecular complexity index is 1140. The van der Waals surface area contributed by atoms with Crippen molar-refractivity contribution in [1.29, 1.82) is 0 Å². The Morgan fingerprint density at radius 3 is 2.12 bits per heavy atom. The lowest BCUT2D eigenvalue weighted by atomic mass is 10.2. The van der Waals surface area contributed by atoms with Crippen LogP contribution in [-0.4, -0.2) is 57.8 Å². The maximum atomic E-state index is 13.5. The van der Waals surface area contributed by atoms with Crippen LogP contribution in [0.25, 0.3) is 0 Å². The summed E-state index contributed by atoms with van der Waals surface area (Å²) >= 11 is 0. The van der Waals surface area contributed by atoms with Gasteiger partial charge >= 0.3 is 0 Å². The van der Waals surface area contributed by atoms with Crippen molar-refractivity contribution in [3.05, 3.63) is 59.9 Å². The van der Waals surface area contributed by atoms with E-state index in [-0.39, 0.29) is 29.0 Å². The number of nitrogens with zero attached hydrogens (tertiary/aromatic N) is 2. The van der Waals surface area contributed by atoms with E-state index in [1.54, 1.807) is 12.1 Å². The van der Waals surface area contributed by atoms with Crippen LogP contribution in [0.2, 0.25) is 0 Å². The van der Waals surface area contributed by atoms with E-state index in [1.165, 1.54) is 45.0 Å². The lowest BCUT2D eigenvalue weighted by Crippen LogP contribution is -2.37. The van der Waals surface area contributed by atoms with Crippen LogP contribution < -0.4 is 0 Å². The van der Waals surface area contributed by atoms with Crippen LogP contribution in [0.15, 0.2) is 58.3 Å². The molecule has 0 aliphatic carbocycles. The topological polar surface area (TPSA) is 84.0 Å². The summed E-state index contributed by atoms with van der Waals surface area (Å²) in [5, 5.41) is 0. The summed E-state index contributed by atoms with van der Waals surface area (Å²) in [5.74, 6) is -0.391. The van der Waals surface area contributed by atoms with E-state index in [4.69, 9.17) is 4.74 Å². The van der Waals surface area contributed by atoms with E-state index in [0.717, 1.165) is 32.1 Å². The van der Waals surface area contributed by atoms with Gasteiger partial charge in [-0.2, -0.15) is 8.61 Å². The highest BCUT2D eigenvalue weighted by atomic mass is 32.2. The predicted molar refractivity (Wildman–Crippen MR) is 122 cm³/mol. The minimum atomic E-state index is -3.93. The third-order valence-corrected chi connectivity index (χ3v) is 9.86. The van der Waals surface area contributed by atoms with Crippen LogP contribution in [0.3, 0.4) is 0 Å². The molecule has 2 saturated heterocycles. The van der Waals surface area contributed by atoms with E-state index in [9.17, 15) is 21.2 Å². The number of sulfonamides is 2. The summed E-state index contributed by atoms with van der Waals surface area (Å²) in [6, 6.07) is 11.1. The van der Waals surface area contributed by atoms with Crippen molar-refractivity contribution in [3.63, 3.8) is 0 Å². The van der Waals surface area contributed by atoms with Gasteiger partial charge in [0.25, 0.3) is 0 Å². The molecule has 0 N–H and O–H groups in total. The fourth-order valence-corrected chi connectivity index (χ4v) is 7.22. The number of halogens is 1. The Labute approximate surface area is 195 Å². The highest BCUT2D eigenvalue weighted by Crippen LogP contribution is 2.25. The normalized spacial score (nSPS) is 20.4. The van der Waals surface area contributed by atoms with Crippen molar-refractivity contribution in [2.75, 3.05) is 26.2 Å². The first kappa shape index (κ1) is 24.3. The van der Waals surface area contributed by atoms with Gasteiger partial charge < -0.3 is 4.74 Å². The zero-order chi connectivity index (χ0) is 23.5. The summed E-state index contributed by atoms with van der Waals surface area (Å²) in [6.45, 7) is 1.80. The quantitative estimate of drug-likeness (QED) is 0.560. The predicted octanol–water partition coefficient (Wildman–Crippen LogP) is 3.37. The smallest absolute Gasteiger partial charge is 0.243 e. The zero-order valence-corrected chi connectivity index (χ0v) is 20.0. The summed E-state index contributed by atoms with van der Waals surface area (Å²) in [7, 11) is -7.58. The standard InChI is InChI=1S/C23H29FN2O5S2/c24-20-8-6-19(7-9-20)17-26(18-21-5-4-16-31-21)33(29,30)23-12-10-22(11-13-23)32(27,28)25-14-2-1-3-15-25/h6-13,21H,1-5,14-18H2. The van der Waals surface area contributed by atoms with Crippen LogP contribution >= 0.6 is 0 Å². The van der Waals surface area contributed by atoms with Crippen molar-refractivity contribution in [3.8, 4) is 0 Å². The Morgan fingerprint density at radius 2 is 1.52 bits per heavy atom. The first-order valence-corrected chi connectivity index (χ1v) is 14.1. The van der Waals surface area contributed by atoms with Crippen LogP contribution in [0.1, 0.15) is 37.7 Å². The van der Waals surface area contributed by atoms with Gasteiger partial charge in [0.1, 0.15) is 5.82 Å². The molecule has 180 valence electrons. The van der Waals surface area contributed by atoms with Gasteiger partial charge in [-0.1, -0.05) is 18.6 Å². The zero-order valence-electron chi connectivity index (χ0n) is 18.4. The van der Waals surface area contributed by atoms with Crippen molar-refractivity contribution >= 4 is 20.0 Å². The number of rotatable bonds is 8. The summed E-state index contributed by atoms with van der Waals surface area (Å²) in [5.41, 5.74) is 0.655. The Hall–Kier alpha value is -1.85. The SMILES string of the molecule is O=S(=O)(c1ccc(S(=O)(=O)N(Cc2ccc(F)cc2)CC2CCCO2)cc1)N1CCCCC1. The van der Waals surface area contributed by atoms with Gasteiger partial charge in [-0.3, -0.25) is 0 Å². The molecule has 4 rings (SSSR count). The molecule has 2 aromatic rings. The number of hydrogen-bond acceptors (Lipinski definition) is 5. The molecule has 2 fully saturated rings. The lowest BCUT2D eigenvalue weighted by Gasteiger charge is -2.26. The highest BCUT2D eigenvalue weighted by Gasteiger charge is 2.31.